The maximum absolute atomic E-state index is 13.7. The predicted octanol–water partition coefficient (Wildman–Crippen LogP) is 3.62. The van der Waals surface area contributed by atoms with Gasteiger partial charge in [-0.2, -0.15) is 5.10 Å². The Morgan fingerprint density at radius 2 is 2.15 bits per heavy atom. The summed E-state index contributed by atoms with van der Waals surface area (Å²) in [6.07, 6.45) is 0.750. The van der Waals surface area contributed by atoms with E-state index in [2.05, 4.69) is 26.3 Å². The second kappa shape index (κ2) is 6.17. The summed E-state index contributed by atoms with van der Waals surface area (Å²) in [6, 6.07) is 6.23. The van der Waals surface area contributed by atoms with Crippen molar-refractivity contribution in [2.45, 2.75) is 26.8 Å². The Morgan fingerprint density at radius 1 is 1.40 bits per heavy atom. The first-order valence-corrected chi connectivity index (χ1v) is 7.17. The number of carbonyl (C=O) groups excluding carboxylic acids is 1. The zero-order valence-electron chi connectivity index (χ0n) is 11.3. The highest BCUT2D eigenvalue weighted by molar-refractivity contribution is 9.10. The molecule has 0 aliphatic rings. The lowest BCUT2D eigenvalue weighted by Crippen LogP contribution is -2.18. The molecule has 1 N–H and O–H groups in total. The standard InChI is InChI=1S/C14H15BrFN3O/c1-3-10-8-13(19(4-2)18-10)14(20)17-12-6-5-9(15)7-11(12)16/h5-8H,3-4H2,1-2H3,(H,17,20). The minimum absolute atomic E-state index is 0.153. The zero-order valence-corrected chi connectivity index (χ0v) is 12.9. The second-order valence-corrected chi connectivity index (χ2v) is 5.18. The molecule has 106 valence electrons. The number of halogens is 2. The molecule has 1 aromatic heterocycles. The van der Waals surface area contributed by atoms with E-state index in [1.54, 1.807) is 16.8 Å². The van der Waals surface area contributed by atoms with E-state index in [-0.39, 0.29) is 11.6 Å². The van der Waals surface area contributed by atoms with Gasteiger partial charge in [0.05, 0.1) is 11.4 Å². The van der Waals surface area contributed by atoms with Crippen molar-refractivity contribution in [2.24, 2.45) is 0 Å². The van der Waals surface area contributed by atoms with Crippen LogP contribution in [-0.2, 0) is 13.0 Å². The molecule has 0 bridgehead atoms. The number of carbonyl (C=O) groups is 1. The van der Waals surface area contributed by atoms with Gasteiger partial charge in [-0.05, 0) is 37.6 Å². The molecule has 20 heavy (non-hydrogen) atoms. The third-order valence-electron chi connectivity index (χ3n) is 2.90. The number of nitrogens with zero attached hydrogens (tertiary/aromatic N) is 2. The monoisotopic (exact) mass is 339 g/mol. The SMILES string of the molecule is CCc1cc(C(=O)Nc2ccc(Br)cc2F)n(CC)n1. The van der Waals surface area contributed by atoms with Crippen molar-refractivity contribution in [1.29, 1.82) is 0 Å². The summed E-state index contributed by atoms with van der Waals surface area (Å²) in [7, 11) is 0. The van der Waals surface area contributed by atoms with Gasteiger partial charge < -0.3 is 5.32 Å². The number of amides is 1. The highest BCUT2D eigenvalue weighted by atomic mass is 79.9. The largest absolute Gasteiger partial charge is 0.318 e. The Kier molecular flexibility index (Phi) is 4.54. The van der Waals surface area contributed by atoms with E-state index >= 15 is 0 Å². The fraction of sp³-hybridized carbons (Fsp3) is 0.286. The van der Waals surface area contributed by atoms with E-state index < -0.39 is 5.82 Å². The molecule has 0 aliphatic heterocycles. The Morgan fingerprint density at radius 3 is 2.75 bits per heavy atom. The molecule has 1 aromatic carbocycles. The smallest absolute Gasteiger partial charge is 0.274 e. The van der Waals surface area contributed by atoms with Crippen molar-refractivity contribution < 1.29 is 9.18 Å². The molecule has 2 rings (SSSR count). The van der Waals surface area contributed by atoms with Crippen LogP contribution in [0.15, 0.2) is 28.7 Å². The summed E-state index contributed by atoms with van der Waals surface area (Å²) in [5, 5.41) is 6.87. The van der Waals surface area contributed by atoms with Gasteiger partial charge in [-0.15, -0.1) is 0 Å². The van der Waals surface area contributed by atoms with Crippen LogP contribution >= 0.6 is 15.9 Å². The van der Waals surface area contributed by atoms with Crippen LogP contribution < -0.4 is 5.32 Å². The van der Waals surface area contributed by atoms with Crippen molar-refractivity contribution in [2.75, 3.05) is 5.32 Å². The van der Waals surface area contributed by atoms with E-state index in [9.17, 15) is 9.18 Å². The summed E-state index contributed by atoms with van der Waals surface area (Å²) < 4.78 is 16.0. The zero-order chi connectivity index (χ0) is 14.7. The van der Waals surface area contributed by atoms with E-state index in [0.29, 0.717) is 16.7 Å². The van der Waals surface area contributed by atoms with Gasteiger partial charge in [0.25, 0.3) is 5.91 Å². The van der Waals surface area contributed by atoms with Gasteiger partial charge in [-0.25, -0.2) is 4.39 Å². The lowest BCUT2D eigenvalue weighted by atomic mass is 10.2. The Bertz CT molecular complexity index is 639. The van der Waals surface area contributed by atoms with Crippen LogP contribution in [0.4, 0.5) is 10.1 Å². The van der Waals surface area contributed by atoms with Gasteiger partial charge in [0, 0.05) is 11.0 Å². The molecule has 0 spiro atoms. The summed E-state index contributed by atoms with van der Waals surface area (Å²) in [6.45, 7) is 4.47. The van der Waals surface area contributed by atoms with Crippen molar-refractivity contribution >= 4 is 27.5 Å². The van der Waals surface area contributed by atoms with Gasteiger partial charge >= 0.3 is 0 Å². The van der Waals surface area contributed by atoms with Crippen LogP contribution in [0.3, 0.4) is 0 Å². The predicted molar refractivity (Wildman–Crippen MR) is 79.3 cm³/mol. The molecule has 0 fully saturated rings. The average Bonchev–Trinajstić information content (AvgIpc) is 2.85. The molecule has 0 saturated heterocycles. The van der Waals surface area contributed by atoms with E-state index in [1.807, 2.05) is 13.8 Å². The van der Waals surface area contributed by atoms with Gasteiger partial charge in [0.15, 0.2) is 0 Å². The fourth-order valence-corrected chi connectivity index (χ4v) is 2.18. The first kappa shape index (κ1) is 14.7. The molecule has 0 saturated carbocycles. The molecule has 2 aromatic rings. The number of rotatable bonds is 4. The number of aromatic nitrogens is 2. The molecule has 1 heterocycles. The van der Waals surface area contributed by atoms with E-state index in [4.69, 9.17) is 0 Å². The number of hydrogen-bond donors (Lipinski definition) is 1. The molecule has 6 heteroatoms. The van der Waals surface area contributed by atoms with Crippen molar-refractivity contribution in [3.8, 4) is 0 Å². The number of anilines is 1. The minimum atomic E-state index is -0.481. The highest BCUT2D eigenvalue weighted by Gasteiger charge is 2.15. The quantitative estimate of drug-likeness (QED) is 0.924. The van der Waals surface area contributed by atoms with Gasteiger partial charge in [0.2, 0.25) is 0 Å². The number of hydrogen-bond acceptors (Lipinski definition) is 2. The maximum Gasteiger partial charge on any atom is 0.274 e. The molecule has 0 aliphatic carbocycles. The lowest BCUT2D eigenvalue weighted by Gasteiger charge is -2.07. The minimum Gasteiger partial charge on any atom is -0.318 e. The summed E-state index contributed by atoms with van der Waals surface area (Å²) >= 11 is 3.18. The molecule has 0 atom stereocenters. The van der Waals surface area contributed by atoms with Gasteiger partial charge in [0.1, 0.15) is 11.5 Å². The Labute approximate surface area is 125 Å². The summed E-state index contributed by atoms with van der Waals surface area (Å²) in [5.74, 6) is -0.841. The summed E-state index contributed by atoms with van der Waals surface area (Å²) in [4.78, 5) is 12.2. The van der Waals surface area contributed by atoms with Gasteiger partial charge in [-0.1, -0.05) is 22.9 Å². The van der Waals surface area contributed by atoms with Crippen LogP contribution in [0.2, 0.25) is 0 Å². The lowest BCUT2D eigenvalue weighted by molar-refractivity contribution is 0.101. The molecule has 1 amide bonds. The first-order valence-electron chi connectivity index (χ1n) is 6.38. The van der Waals surface area contributed by atoms with Crippen LogP contribution in [0.5, 0.6) is 0 Å². The van der Waals surface area contributed by atoms with E-state index in [0.717, 1.165) is 12.1 Å². The number of benzene rings is 1. The second-order valence-electron chi connectivity index (χ2n) is 4.27. The number of nitrogens with one attached hydrogen (secondary N) is 1. The molecule has 0 radical (unpaired) electrons. The maximum atomic E-state index is 13.7. The van der Waals surface area contributed by atoms with Crippen molar-refractivity contribution in [3.63, 3.8) is 0 Å². The highest BCUT2D eigenvalue weighted by Crippen LogP contribution is 2.20. The molecular weight excluding hydrogens is 325 g/mol. The van der Waals surface area contributed by atoms with Gasteiger partial charge in [-0.3, -0.25) is 9.48 Å². The van der Waals surface area contributed by atoms with Crippen molar-refractivity contribution in [1.82, 2.24) is 9.78 Å². The molecule has 4 nitrogen and oxygen atoms in total. The normalized spacial score (nSPS) is 10.6. The topological polar surface area (TPSA) is 46.9 Å². The van der Waals surface area contributed by atoms with Crippen LogP contribution in [-0.4, -0.2) is 15.7 Å². The third-order valence-corrected chi connectivity index (χ3v) is 3.40. The first-order chi connectivity index (χ1) is 9.55. The Balaban J connectivity index is 2.25. The van der Waals surface area contributed by atoms with E-state index in [1.165, 1.54) is 12.1 Å². The van der Waals surface area contributed by atoms with Crippen LogP contribution in [0.1, 0.15) is 30.0 Å². The number of aryl methyl sites for hydroxylation is 2. The van der Waals surface area contributed by atoms with Crippen molar-refractivity contribution in [3.05, 3.63) is 45.9 Å². The van der Waals surface area contributed by atoms with Crippen LogP contribution in [0, 0.1) is 5.82 Å². The third kappa shape index (κ3) is 3.07. The Hall–Kier alpha value is -1.69. The fourth-order valence-electron chi connectivity index (χ4n) is 1.84. The molecular formula is C14H15BrFN3O. The summed E-state index contributed by atoms with van der Waals surface area (Å²) in [5.41, 5.74) is 1.43. The van der Waals surface area contributed by atoms with Crippen LogP contribution in [0.25, 0.3) is 0 Å². The molecule has 0 unspecified atom stereocenters. The average molecular weight is 340 g/mol.